The Labute approximate surface area is 136 Å². The van der Waals surface area contributed by atoms with Crippen LogP contribution < -0.4 is 10.5 Å². The Hall–Kier alpha value is -0.590. The molecule has 1 unspecified atom stereocenters. The van der Waals surface area contributed by atoms with Gasteiger partial charge in [0.2, 0.25) is 0 Å². The lowest BCUT2D eigenvalue weighted by Crippen LogP contribution is -2.19. The Bertz CT molecular complexity index is 571. The predicted octanol–water partition coefficient (Wildman–Crippen LogP) is 2.85. The van der Waals surface area contributed by atoms with Gasteiger partial charge in [0.25, 0.3) is 0 Å². The zero-order chi connectivity index (χ0) is 16.0. The number of sulfone groups is 1. The van der Waals surface area contributed by atoms with E-state index in [2.05, 4.69) is 15.9 Å². The van der Waals surface area contributed by atoms with Crippen LogP contribution in [-0.4, -0.2) is 32.6 Å². The summed E-state index contributed by atoms with van der Waals surface area (Å²) in [5, 5.41) is 0. The maximum absolute atomic E-state index is 11.5. The van der Waals surface area contributed by atoms with Crippen molar-refractivity contribution in [3.05, 3.63) is 27.7 Å². The first-order chi connectivity index (χ1) is 9.75. The van der Waals surface area contributed by atoms with Gasteiger partial charge in [0.05, 0.1) is 12.4 Å². The first-order valence-electron chi connectivity index (χ1n) is 7.13. The Morgan fingerprint density at radius 2 is 2.05 bits per heavy atom. The normalized spacial score (nSPS) is 13.2. The lowest BCUT2D eigenvalue weighted by molar-refractivity contribution is 0.311. The van der Waals surface area contributed by atoms with E-state index in [0.717, 1.165) is 27.8 Å². The lowest BCUT2D eigenvalue weighted by atomic mass is 10.0. The highest BCUT2D eigenvalue weighted by atomic mass is 79.9. The summed E-state index contributed by atoms with van der Waals surface area (Å²) in [6.45, 7) is 5.99. The molecule has 2 N–H and O–H groups in total. The maximum Gasteiger partial charge on any atom is 0.150 e. The predicted molar refractivity (Wildman–Crippen MR) is 90.7 cm³/mol. The van der Waals surface area contributed by atoms with E-state index >= 15 is 0 Å². The molecule has 1 aromatic carbocycles. The van der Waals surface area contributed by atoms with Crippen LogP contribution >= 0.6 is 15.9 Å². The average molecular weight is 378 g/mol. The van der Waals surface area contributed by atoms with Crippen LogP contribution in [0.3, 0.4) is 0 Å². The fourth-order valence-electron chi connectivity index (χ4n) is 2.10. The molecule has 0 heterocycles. The van der Waals surface area contributed by atoms with Gasteiger partial charge in [-0.05, 0) is 49.9 Å². The molecule has 0 aliphatic heterocycles. The van der Waals surface area contributed by atoms with Crippen molar-refractivity contribution in [3.8, 4) is 5.75 Å². The van der Waals surface area contributed by atoms with Crippen LogP contribution in [0, 0.1) is 6.92 Å². The van der Waals surface area contributed by atoms with Crippen molar-refractivity contribution in [2.45, 2.75) is 39.7 Å². The van der Waals surface area contributed by atoms with Gasteiger partial charge in [-0.2, -0.15) is 0 Å². The number of halogens is 1. The number of hydrogen-bond donors (Lipinski definition) is 1. The molecule has 0 aliphatic carbocycles. The highest BCUT2D eigenvalue weighted by Gasteiger charge is 2.12. The molecule has 4 nitrogen and oxygen atoms in total. The summed E-state index contributed by atoms with van der Waals surface area (Å²) in [5.41, 5.74) is 7.95. The number of nitrogens with two attached hydrogens (primary N) is 1. The van der Waals surface area contributed by atoms with Gasteiger partial charge in [-0.1, -0.05) is 22.9 Å². The third kappa shape index (κ3) is 6.36. The van der Waals surface area contributed by atoms with Gasteiger partial charge in [0.15, 0.2) is 0 Å². The van der Waals surface area contributed by atoms with Gasteiger partial charge in [-0.3, -0.25) is 0 Å². The van der Waals surface area contributed by atoms with E-state index in [1.54, 1.807) is 6.92 Å². The highest BCUT2D eigenvalue weighted by molar-refractivity contribution is 9.10. The van der Waals surface area contributed by atoms with E-state index in [1.807, 2.05) is 26.0 Å². The minimum Gasteiger partial charge on any atom is -0.493 e. The molecule has 0 saturated heterocycles. The van der Waals surface area contributed by atoms with E-state index < -0.39 is 9.84 Å². The number of ether oxygens (including phenoxy) is 1. The van der Waals surface area contributed by atoms with Crippen molar-refractivity contribution in [1.29, 1.82) is 0 Å². The number of rotatable bonds is 8. The van der Waals surface area contributed by atoms with E-state index in [9.17, 15) is 8.42 Å². The number of hydrogen-bond acceptors (Lipinski definition) is 4. The molecule has 1 aromatic rings. The first-order valence-corrected chi connectivity index (χ1v) is 9.74. The molecule has 120 valence electrons. The minimum absolute atomic E-state index is 0.0431. The molecule has 0 fully saturated rings. The molecule has 0 aliphatic rings. The third-order valence-electron chi connectivity index (χ3n) is 3.14. The Balaban J connectivity index is 2.73. The molecule has 0 spiro atoms. The average Bonchev–Trinajstić information content (AvgIpc) is 2.36. The first kappa shape index (κ1) is 18.5. The van der Waals surface area contributed by atoms with Crippen LogP contribution in [0.4, 0.5) is 0 Å². The van der Waals surface area contributed by atoms with Crippen molar-refractivity contribution in [2.75, 3.05) is 18.1 Å². The largest absolute Gasteiger partial charge is 0.493 e. The standard InChI is InChI=1S/C15H24BrNO3S/c1-4-21(18,19)7-5-6-20-15-11(2)8-14(16)10-13(15)9-12(3)17/h8,10,12H,4-7,9,17H2,1-3H3. The summed E-state index contributed by atoms with van der Waals surface area (Å²) in [4.78, 5) is 0. The molecular formula is C15H24BrNO3S. The van der Waals surface area contributed by atoms with Crippen LogP contribution in [0.15, 0.2) is 16.6 Å². The number of aryl methyl sites for hydroxylation is 1. The monoisotopic (exact) mass is 377 g/mol. The molecule has 0 radical (unpaired) electrons. The second-order valence-electron chi connectivity index (χ2n) is 5.33. The molecule has 21 heavy (non-hydrogen) atoms. The molecular weight excluding hydrogens is 354 g/mol. The van der Waals surface area contributed by atoms with Gasteiger partial charge in [0.1, 0.15) is 15.6 Å². The van der Waals surface area contributed by atoms with Crippen molar-refractivity contribution in [1.82, 2.24) is 0 Å². The minimum atomic E-state index is -2.93. The van der Waals surface area contributed by atoms with Crippen LogP contribution in [0.2, 0.25) is 0 Å². The summed E-state index contributed by atoms with van der Waals surface area (Å²) >= 11 is 3.48. The van der Waals surface area contributed by atoms with E-state index in [-0.39, 0.29) is 17.5 Å². The van der Waals surface area contributed by atoms with Crippen LogP contribution in [0.25, 0.3) is 0 Å². The SMILES string of the molecule is CCS(=O)(=O)CCCOc1c(C)cc(Br)cc1CC(C)N. The summed E-state index contributed by atoms with van der Waals surface area (Å²) in [6.07, 6.45) is 1.23. The fourth-order valence-corrected chi connectivity index (χ4v) is 3.57. The van der Waals surface area contributed by atoms with Crippen LogP contribution in [0.5, 0.6) is 5.75 Å². The molecule has 0 saturated carbocycles. The molecule has 1 rings (SSSR count). The Morgan fingerprint density at radius 3 is 2.62 bits per heavy atom. The zero-order valence-corrected chi connectivity index (χ0v) is 15.3. The fraction of sp³-hybridized carbons (Fsp3) is 0.600. The van der Waals surface area contributed by atoms with Crippen molar-refractivity contribution >= 4 is 25.8 Å². The van der Waals surface area contributed by atoms with Crippen molar-refractivity contribution in [2.24, 2.45) is 5.73 Å². The topological polar surface area (TPSA) is 69.4 Å². The van der Waals surface area contributed by atoms with Gasteiger partial charge < -0.3 is 10.5 Å². The third-order valence-corrected chi connectivity index (χ3v) is 5.39. The molecule has 6 heteroatoms. The number of benzene rings is 1. The lowest BCUT2D eigenvalue weighted by Gasteiger charge is -2.16. The summed E-state index contributed by atoms with van der Waals surface area (Å²) in [5.74, 6) is 1.17. The Kier molecular flexibility index (Phi) is 7.16. The van der Waals surface area contributed by atoms with Crippen LogP contribution in [-0.2, 0) is 16.3 Å². The second kappa shape index (κ2) is 8.15. The van der Waals surface area contributed by atoms with Crippen LogP contribution in [0.1, 0.15) is 31.4 Å². The van der Waals surface area contributed by atoms with Gasteiger partial charge >= 0.3 is 0 Å². The second-order valence-corrected chi connectivity index (χ2v) is 8.72. The van der Waals surface area contributed by atoms with E-state index in [1.165, 1.54) is 0 Å². The molecule has 0 bridgehead atoms. The van der Waals surface area contributed by atoms with Crippen molar-refractivity contribution < 1.29 is 13.2 Å². The van der Waals surface area contributed by atoms with E-state index in [4.69, 9.17) is 10.5 Å². The zero-order valence-electron chi connectivity index (χ0n) is 12.9. The van der Waals surface area contributed by atoms with Crippen molar-refractivity contribution in [3.63, 3.8) is 0 Å². The summed E-state index contributed by atoms with van der Waals surface area (Å²) in [6, 6.07) is 4.04. The van der Waals surface area contributed by atoms with E-state index in [0.29, 0.717) is 13.0 Å². The molecule has 0 amide bonds. The highest BCUT2D eigenvalue weighted by Crippen LogP contribution is 2.29. The molecule has 0 aromatic heterocycles. The Morgan fingerprint density at radius 1 is 1.38 bits per heavy atom. The van der Waals surface area contributed by atoms with Gasteiger partial charge in [-0.15, -0.1) is 0 Å². The summed E-state index contributed by atoms with van der Waals surface area (Å²) < 4.78 is 29.7. The smallest absolute Gasteiger partial charge is 0.150 e. The van der Waals surface area contributed by atoms with Gasteiger partial charge in [-0.25, -0.2) is 8.42 Å². The maximum atomic E-state index is 11.5. The molecule has 1 atom stereocenters. The summed E-state index contributed by atoms with van der Waals surface area (Å²) in [7, 11) is -2.93. The van der Waals surface area contributed by atoms with Gasteiger partial charge in [0, 0.05) is 16.3 Å². The quantitative estimate of drug-likeness (QED) is 0.707.